The summed E-state index contributed by atoms with van der Waals surface area (Å²) in [6.45, 7) is 10.6. The maximum atomic E-state index is 5.40. The molecule has 0 spiro atoms. The Morgan fingerprint density at radius 1 is 1.19 bits per heavy atom. The Morgan fingerprint density at radius 2 is 1.90 bits per heavy atom. The number of nitrogens with one attached hydrogen (secondary N) is 2. The van der Waals surface area contributed by atoms with Crippen LogP contribution in [0.5, 0.6) is 11.5 Å². The van der Waals surface area contributed by atoms with Gasteiger partial charge in [0.2, 0.25) is 0 Å². The molecule has 0 amide bonds. The van der Waals surface area contributed by atoms with Crippen LogP contribution in [0.4, 0.5) is 0 Å². The summed E-state index contributed by atoms with van der Waals surface area (Å²) in [4.78, 5) is 7.28. The first-order valence-corrected chi connectivity index (χ1v) is 10.9. The third kappa shape index (κ3) is 5.91. The first-order chi connectivity index (χ1) is 14.9. The predicted octanol–water partition coefficient (Wildman–Crippen LogP) is 2.38. The van der Waals surface area contributed by atoms with Crippen molar-refractivity contribution in [3.63, 3.8) is 0 Å². The number of benzene rings is 1. The van der Waals surface area contributed by atoms with Gasteiger partial charge in [-0.25, -0.2) is 4.99 Å². The highest BCUT2D eigenvalue weighted by Gasteiger charge is 2.23. The molecule has 0 bridgehead atoms. The van der Waals surface area contributed by atoms with Crippen LogP contribution in [0, 0.1) is 13.8 Å². The molecule has 1 aliphatic heterocycles. The van der Waals surface area contributed by atoms with E-state index in [0.717, 1.165) is 61.4 Å². The molecule has 8 nitrogen and oxygen atoms in total. The second-order valence-corrected chi connectivity index (χ2v) is 8.05. The van der Waals surface area contributed by atoms with Gasteiger partial charge in [-0.3, -0.25) is 9.58 Å². The molecule has 1 saturated heterocycles. The molecule has 3 rings (SSSR count). The molecule has 2 N–H and O–H groups in total. The molecule has 1 aliphatic rings. The molecule has 0 aliphatic carbocycles. The summed E-state index contributed by atoms with van der Waals surface area (Å²) in [6, 6.07) is 6.42. The van der Waals surface area contributed by atoms with Crippen LogP contribution in [0.15, 0.2) is 23.2 Å². The topological polar surface area (TPSA) is 75.9 Å². The SMILES string of the molecule is CCNC(=NCc1c(C)nn(C)c1C)NC1CCN(Cc2cc(OC)cc(OC)c2)C1. The van der Waals surface area contributed by atoms with Crippen LogP contribution in [0.3, 0.4) is 0 Å². The summed E-state index contributed by atoms with van der Waals surface area (Å²) in [6.07, 6.45) is 1.08. The largest absolute Gasteiger partial charge is 0.497 e. The Bertz CT molecular complexity index is 885. The molecule has 2 aromatic rings. The fourth-order valence-corrected chi connectivity index (χ4v) is 4.03. The summed E-state index contributed by atoms with van der Waals surface area (Å²) in [7, 11) is 5.35. The van der Waals surface area contributed by atoms with E-state index in [-0.39, 0.29) is 0 Å². The van der Waals surface area contributed by atoms with Crippen molar-refractivity contribution in [2.45, 2.75) is 46.3 Å². The van der Waals surface area contributed by atoms with Gasteiger partial charge in [0.15, 0.2) is 5.96 Å². The summed E-state index contributed by atoms with van der Waals surface area (Å²) >= 11 is 0. The van der Waals surface area contributed by atoms with Gasteiger partial charge in [-0.1, -0.05) is 0 Å². The monoisotopic (exact) mass is 428 g/mol. The average molecular weight is 429 g/mol. The Hall–Kier alpha value is -2.74. The summed E-state index contributed by atoms with van der Waals surface area (Å²) in [5, 5.41) is 11.5. The second kappa shape index (κ2) is 10.5. The second-order valence-electron chi connectivity index (χ2n) is 8.05. The van der Waals surface area contributed by atoms with E-state index in [0.29, 0.717) is 12.6 Å². The first-order valence-electron chi connectivity index (χ1n) is 10.9. The summed E-state index contributed by atoms with van der Waals surface area (Å²) < 4.78 is 12.7. The van der Waals surface area contributed by atoms with E-state index in [1.54, 1.807) is 14.2 Å². The number of hydrogen-bond donors (Lipinski definition) is 2. The van der Waals surface area contributed by atoms with E-state index < -0.39 is 0 Å². The lowest BCUT2D eigenvalue weighted by molar-refractivity contribution is 0.321. The zero-order chi connectivity index (χ0) is 22.4. The molecule has 1 unspecified atom stereocenters. The van der Waals surface area contributed by atoms with Crippen LogP contribution >= 0.6 is 0 Å². The van der Waals surface area contributed by atoms with E-state index in [1.165, 1.54) is 11.1 Å². The van der Waals surface area contributed by atoms with Gasteiger partial charge in [-0.15, -0.1) is 0 Å². The van der Waals surface area contributed by atoms with E-state index in [9.17, 15) is 0 Å². The third-order valence-corrected chi connectivity index (χ3v) is 5.83. The maximum Gasteiger partial charge on any atom is 0.191 e. The quantitative estimate of drug-likeness (QED) is 0.497. The van der Waals surface area contributed by atoms with Gasteiger partial charge < -0.3 is 20.1 Å². The molecule has 1 aromatic carbocycles. The predicted molar refractivity (Wildman–Crippen MR) is 124 cm³/mol. The molecule has 1 fully saturated rings. The number of aryl methyl sites for hydroxylation is 2. The van der Waals surface area contributed by atoms with Gasteiger partial charge in [-0.2, -0.15) is 5.10 Å². The molecule has 0 saturated carbocycles. The summed E-state index contributed by atoms with van der Waals surface area (Å²) in [5.41, 5.74) is 4.60. The maximum absolute atomic E-state index is 5.40. The average Bonchev–Trinajstić information content (AvgIpc) is 3.29. The molecule has 8 heteroatoms. The fourth-order valence-electron chi connectivity index (χ4n) is 4.03. The highest BCUT2D eigenvalue weighted by molar-refractivity contribution is 5.80. The normalized spacial score (nSPS) is 17.1. The van der Waals surface area contributed by atoms with Crippen molar-refractivity contribution in [1.29, 1.82) is 0 Å². The molecule has 2 heterocycles. The van der Waals surface area contributed by atoms with Crippen LogP contribution in [-0.2, 0) is 20.1 Å². The number of aliphatic imine (C=N–C) groups is 1. The number of methoxy groups -OCH3 is 2. The van der Waals surface area contributed by atoms with E-state index in [1.807, 2.05) is 24.7 Å². The molecule has 1 aromatic heterocycles. The number of guanidine groups is 1. The van der Waals surface area contributed by atoms with Gasteiger partial charge in [0.25, 0.3) is 0 Å². The standard InChI is InChI=1S/C23H36N6O2/c1-7-24-23(25-13-22-16(2)27-28(4)17(22)3)26-19-8-9-29(15-19)14-18-10-20(30-5)12-21(11-18)31-6/h10-12,19H,7-9,13-15H2,1-6H3,(H2,24,25,26). The molecular weight excluding hydrogens is 392 g/mol. The molecule has 0 radical (unpaired) electrons. The van der Waals surface area contributed by atoms with Crippen molar-refractivity contribution in [2.75, 3.05) is 33.9 Å². The zero-order valence-electron chi connectivity index (χ0n) is 19.7. The fraction of sp³-hybridized carbons (Fsp3) is 0.565. The molecule has 31 heavy (non-hydrogen) atoms. The van der Waals surface area contributed by atoms with Gasteiger partial charge in [0.1, 0.15) is 11.5 Å². The van der Waals surface area contributed by atoms with Crippen LogP contribution in [-0.4, -0.2) is 60.5 Å². The number of rotatable bonds is 8. The van der Waals surface area contributed by atoms with Crippen molar-refractivity contribution < 1.29 is 9.47 Å². The number of aromatic nitrogens is 2. The first kappa shape index (κ1) is 22.9. The van der Waals surface area contributed by atoms with E-state index in [4.69, 9.17) is 14.5 Å². The van der Waals surface area contributed by atoms with E-state index in [2.05, 4.69) is 46.6 Å². The number of ether oxygens (including phenoxy) is 2. The van der Waals surface area contributed by atoms with E-state index >= 15 is 0 Å². The highest BCUT2D eigenvalue weighted by Crippen LogP contribution is 2.24. The van der Waals surface area contributed by atoms with Gasteiger partial charge in [-0.05, 0) is 44.9 Å². The van der Waals surface area contributed by atoms with Crippen molar-refractivity contribution in [2.24, 2.45) is 12.0 Å². The Labute approximate surface area is 185 Å². The Morgan fingerprint density at radius 3 is 2.48 bits per heavy atom. The molecular formula is C23H36N6O2. The van der Waals surface area contributed by atoms with Crippen LogP contribution in [0.25, 0.3) is 0 Å². The van der Waals surface area contributed by atoms with Gasteiger partial charge >= 0.3 is 0 Å². The summed E-state index contributed by atoms with van der Waals surface area (Å²) in [5.74, 6) is 2.51. The van der Waals surface area contributed by atoms with Crippen molar-refractivity contribution in [1.82, 2.24) is 25.3 Å². The van der Waals surface area contributed by atoms with Crippen LogP contribution in [0.2, 0.25) is 0 Å². The highest BCUT2D eigenvalue weighted by atomic mass is 16.5. The van der Waals surface area contributed by atoms with Crippen LogP contribution in [0.1, 0.15) is 35.9 Å². The van der Waals surface area contributed by atoms with Crippen LogP contribution < -0.4 is 20.1 Å². The smallest absolute Gasteiger partial charge is 0.191 e. The van der Waals surface area contributed by atoms with Crippen molar-refractivity contribution in [3.8, 4) is 11.5 Å². The minimum atomic E-state index is 0.362. The van der Waals surface area contributed by atoms with Gasteiger partial charge in [0, 0.05) is 56.6 Å². The number of nitrogens with zero attached hydrogens (tertiary/aromatic N) is 4. The lowest BCUT2D eigenvalue weighted by Crippen LogP contribution is -2.44. The van der Waals surface area contributed by atoms with Crippen molar-refractivity contribution in [3.05, 3.63) is 40.7 Å². The third-order valence-electron chi connectivity index (χ3n) is 5.83. The molecule has 170 valence electrons. The molecule has 1 atom stereocenters. The lowest BCUT2D eigenvalue weighted by Gasteiger charge is -2.19. The minimum Gasteiger partial charge on any atom is -0.497 e. The lowest BCUT2D eigenvalue weighted by atomic mass is 10.2. The zero-order valence-corrected chi connectivity index (χ0v) is 19.7. The number of likely N-dealkylation sites (tertiary alicyclic amines) is 1. The number of hydrogen-bond acceptors (Lipinski definition) is 5. The Kier molecular flexibility index (Phi) is 7.79. The van der Waals surface area contributed by atoms with Crippen molar-refractivity contribution >= 4 is 5.96 Å². The van der Waals surface area contributed by atoms with Gasteiger partial charge in [0.05, 0.1) is 26.5 Å². The minimum absolute atomic E-state index is 0.362. The Balaban J connectivity index is 1.60.